The number of rotatable bonds is 2. The summed E-state index contributed by atoms with van der Waals surface area (Å²) in [6.07, 6.45) is 3.57. The highest BCUT2D eigenvalue weighted by Crippen LogP contribution is 2.34. The summed E-state index contributed by atoms with van der Waals surface area (Å²) in [6, 6.07) is 0. The highest BCUT2D eigenvalue weighted by Gasteiger charge is 2.32. The van der Waals surface area contributed by atoms with Gasteiger partial charge in [0, 0.05) is 37.9 Å². The number of pyridine rings is 1. The van der Waals surface area contributed by atoms with E-state index in [4.69, 9.17) is 16.7 Å². The molecule has 1 aliphatic heterocycles. The van der Waals surface area contributed by atoms with Gasteiger partial charge in [-0.05, 0) is 22.6 Å². The minimum atomic E-state index is 0.00469. The molecule has 1 aliphatic rings. The van der Waals surface area contributed by atoms with Gasteiger partial charge in [0.05, 0.1) is 14.3 Å². The Morgan fingerprint density at radius 3 is 2.94 bits per heavy atom. The molecule has 2 rings (SSSR count). The van der Waals surface area contributed by atoms with Crippen molar-refractivity contribution in [2.45, 2.75) is 6.42 Å². The van der Waals surface area contributed by atoms with Gasteiger partial charge in [0.25, 0.3) is 0 Å². The first-order valence-electron chi connectivity index (χ1n) is 4.83. The molecule has 1 atom stereocenters. The van der Waals surface area contributed by atoms with E-state index in [1.54, 1.807) is 11.1 Å². The molecule has 0 aromatic carbocycles. The molecule has 6 heteroatoms. The second kappa shape index (κ2) is 4.85. The summed E-state index contributed by atoms with van der Waals surface area (Å²) in [6.45, 7) is 0.552. The van der Waals surface area contributed by atoms with Crippen LogP contribution >= 0.6 is 34.2 Å². The molecule has 1 fully saturated rings. The molecular formula is C10H10ClIN2O2. The number of carbonyl (C=O) groups excluding carboxylic acids is 1. The predicted molar refractivity (Wildman–Crippen MR) is 69.5 cm³/mol. The Balaban J connectivity index is 2.35. The molecule has 4 nitrogen and oxygen atoms in total. The molecule has 2 heterocycles. The maximum Gasteiger partial charge on any atom is 0.227 e. The largest absolute Gasteiger partial charge is 0.396 e. The van der Waals surface area contributed by atoms with Crippen molar-refractivity contribution in [2.75, 3.05) is 18.1 Å². The van der Waals surface area contributed by atoms with E-state index >= 15 is 0 Å². The Morgan fingerprint density at radius 1 is 1.62 bits per heavy atom. The number of anilines is 1. The highest BCUT2D eigenvalue weighted by atomic mass is 127. The Kier molecular flexibility index (Phi) is 3.66. The lowest BCUT2D eigenvalue weighted by Crippen LogP contribution is -2.26. The van der Waals surface area contributed by atoms with Crippen molar-refractivity contribution in [3.8, 4) is 0 Å². The fraction of sp³-hybridized carbons (Fsp3) is 0.400. The van der Waals surface area contributed by atoms with Gasteiger partial charge >= 0.3 is 0 Å². The van der Waals surface area contributed by atoms with Crippen LogP contribution in [-0.4, -0.2) is 29.1 Å². The van der Waals surface area contributed by atoms with Gasteiger partial charge in [0.2, 0.25) is 5.91 Å². The quantitative estimate of drug-likeness (QED) is 0.824. The van der Waals surface area contributed by atoms with Crippen LogP contribution in [0.4, 0.5) is 5.69 Å². The van der Waals surface area contributed by atoms with Crippen LogP contribution in [0.5, 0.6) is 0 Å². The summed E-state index contributed by atoms with van der Waals surface area (Å²) in [5.41, 5.74) is 0.707. The first kappa shape index (κ1) is 12.1. The van der Waals surface area contributed by atoms with E-state index < -0.39 is 0 Å². The first-order valence-corrected chi connectivity index (χ1v) is 6.29. The number of carbonyl (C=O) groups is 1. The number of amides is 1. The van der Waals surface area contributed by atoms with Gasteiger partial charge in [-0.3, -0.25) is 9.78 Å². The maximum absolute atomic E-state index is 11.8. The predicted octanol–water partition coefficient (Wildman–Crippen LogP) is 1.68. The Hall–Kier alpha value is -0.400. The zero-order chi connectivity index (χ0) is 11.7. The van der Waals surface area contributed by atoms with Crippen LogP contribution in [0.1, 0.15) is 6.42 Å². The molecule has 1 saturated heterocycles. The summed E-state index contributed by atoms with van der Waals surface area (Å²) < 4.78 is 0.844. The van der Waals surface area contributed by atoms with Gasteiger partial charge in [-0.2, -0.15) is 0 Å². The maximum atomic E-state index is 11.8. The lowest BCUT2D eigenvalue weighted by Gasteiger charge is -2.19. The average Bonchev–Trinajstić information content (AvgIpc) is 2.60. The minimum absolute atomic E-state index is 0.00469. The van der Waals surface area contributed by atoms with Crippen molar-refractivity contribution in [3.05, 3.63) is 21.0 Å². The van der Waals surface area contributed by atoms with Crippen molar-refractivity contribution in [1.82, 2.24) is 4.98 Å². The van der Waals surface area contributed by atoms with E-state index in [9.17, 15) is 4.79 Å². The molecular weight excluding hydrogens is 342 g/mol. The van der Waals surface area contributed by atoms with Crippen LogP contribution in [0, 0.1) is 9.49 Å². The smallest absolute Gasteiger partial charge is 0.227 e. The second-order valence-electron chi connectivity index (χ2n) is 3.71. The Labute approximate surface area is 112 Å². The standard InChI is InChI=1S/C10H10ClIN2O2/c11-7-2-13-3-8(12)10(7)14-4-6(5-15)1-9(14)16/h2-3,6,15H,1,4-5H2. The lowest BCUT2D eigenvalue weighted by molar-refractivity contribution is -0.117. The molecule has 0 saturated carbocycles. The minimum Gasteiger partial charge on any atom is -0.396 e. The van der Waals surface area contributed by atoms with Crippen molar-refractivity contribution >= 4 is 45.8 Å². The molecule has 0 bridgehead atoms. The SMILES string of the molecule is O=C1CC(CO)CN1c1c(Cl)cncc1I. The molecule has 1 amide bonds. The van der Waals surface area contributed by atoms with Gasteiger partial charge in [0.15, 0.2) is 0 Å². The number of aromatic nitrogens is 1. The number of hydrogen-bond donors (Lipinski definition) is 1. The topological polar surface area (TPSA) is 53.4 Å². The van der Waals surface area contributed by atoms with E-state index in [0.29, 0.717) is 23.7 Å². The number of hydrogen-bond acceptors (Lipinski definition) is 3. The van der Waals surface area contributed by atoms with Gasteiger partial charge < -0.3 is 10.0 Å². The Bertz CT molecular complexity index is 407. The van der Waals surface area contributed by atoms with Crippen molar-refractivity contribution in [1.29, 1.82) is 0 Å². The van der Waals surface area contributed by atoms with Gasteiger partial charge in [-0.25, -0.2) is 0 Å². The van der Waals surface area contributed by atoms with E-state index in [1.165, 1.54) is 6.20 Å². The van der Waals surface area contributed by atoms with Crippen molar-refractivity contribution in [2.24, 2.45) is 5.92 Å². The Morgan fingerprint density at radius 2 is 2.38 bits per heavy atom. The number of nitrogens with zero attached hydrogens (tertiary/aromatic N) is 2. The zero-order valence-electron chi connectivity index (χ0n) is 8.36. The van der Waals surface area contributed by atoms with Crippen LogP contribution in [0.15, 0.2) is 12.4 Å². The van der Waals surface area contributed by atoms with Gasteiger partial charge in [-0.1, -0.05) is 11.6 Å². The first-order chi connectivity index (χ1) is 7.63. The van der Waals surface area contributed by atoms with Crippen LogP contribution in [0.25, 0.3) is 0 Å². The van der Waals surface area contributed by atoms with Crippen LogP contribution < -0.4 is 4.90 Å². The van der Waals surface area contributed by atoms with Crippen LogP contribution in [-0.2, 0) is 4.79 Å². The van der Waals surface area contributed by atoms with Crippen LogP contribution in [0.2, 0.25) is 5.02 Å². The second-order valence-corrected chi connectivity index (χ2v) is 5.28. The molecule has 0 spiro atoms. The summed E-state index contributed by atoms with van der Waals surface area (Å²) in [4.78, 5) is 17.4. The molecule has 86 valence electrons. The number of halogens is 2. The summed E-state index contributed by atoms with van der Waals surface area (Å²) in [5.74, 6) is 0.0117. The van der Waals surface area contributed by atoms with Crippen molar-refractivity contribution < 1.29 is 9.90 Å². The third-order valence-corrected chi connectivity index (χ3v) is 3.63. The average molecular weight is 353 g/mol. The zero-order valence-corrected chi connectivity index (χ0v) is 11.3. The summed E-state index contributed by atoms with van der Waals surface area (Å²) in [5, 5.41) is 9.53. The molecule has 0 radical (unpaired) electrons. The van der Waals surface area contributed by atoms with E-state index in [-0.39, 0.29) is 18.4 Å². The monoisotopic (exact) mass is 352 g/mol. The number of aliphatic hydroxyl groups is 1. The van der Waals surface area contributed by atoms with E-state index in [0.717, 1.165) is 3.57 Å². The van der Waals surface area contributed by atoms with Crippen molar-refractivity contribution in [3.63, 3.8) is 0 Å². The fourth-order valence-electron chi connectivity index (χ4n) is 1.78. The van der Waals surface area contributed by atoms with E-state index in [2.05, 4.69) is 27.6 Å². The van der Waals surface area contributed by atoms with Crippen LogP contribution in [0.3, 0.4) is 0 Å². The summed E-state index contributed by atoms with van der Waals surface area (Å²) >= 11 is 8.14. The lowest BCUT2D eigenvalue weighted by atomic mass is 10.1. The molecule has 16 heavy (non-hydrogen) atoms. The summed E-state index contributed by atoms with van der Waals surface area (Å²) in [7, 11) is 0. The molecule has 1 aromatic rings. The molecule has 1 unspecified atom stereocenters. The normalized spacial score (nSPS) is 20.6. The third kappa shape index (κ3) is 2.16. The molecule has 0 aliphatic carbocycles. The fourth-order valence-corrected chi connectivity index (χ4v) is 2.94. The number of aliphatic hydroxyl groups excluding tert-OH is 1. The highest BCUT2D eigenvalue weighted by molar-refractivity contribution is 14.1. The van der Waals surface area contributed by atoms with Gasteiger partial charge in [-0.15, -0.1) is 0 Å². The third-order valence-electron chi connectivity index (χ3n) is 2.56. The molecule has 1 aromatic heterocycles. The molecule has 1 N–H and O–H groups in total. The van der Waals surface area contributed by atoms with E-state index in [1.807, 2.05) is 0 Å². The van der Waals surface area contributed by atoms with Gasteiger partial charge in [0.1, 0.15) is 0 Å².